The summed E-state index contributed by atoms with van der Waals surface area (Å²) in [6.45, 7) is 6.18. The number of nitrogens with zero attached hydrogens (tertiary/aromatic N) is 3. The highest BCUT2D eigenvalue weighted by Gasteiger charge is 2.61. The van der Waals surface area contributed by atoms with Gasteiger partial charge in [-0.15, -0.1) is 16.5 Å². The van der Waals surface area contributed by atoms with Crippen LogP contribution in [0.5, 0.6) is 0 Å². The number of urea groups is 1. The van der Waals surface area contributed by atoms with Gasteiger partial charge in [0.2, 0.25) is 5.72 Å². The first-order chi connectivity index (χ1) is 13.6. The van der Waals surface area contributed by atoms with Gasteiger partial charge < -0.3 is 29.9 Å². The Kier molecular flexibility index (Phi) is 10.2. The van der Waals surface area contributed by atoms with Crippen LogP contribution in [0.4, 0.5) is 4.79 Å². The van der Waals surface area contributed by atoms with Crippen LogP contribution in [0.3, 0.4) is 0 Å². The number of aliphatic hydroxyl groups excluding tert-OH is 3. The third-order valence-corrected chi connectivity index (χ3v) is 4.97. The summed E-state index contributed by atoms with van der Waals surface area (Å²) in [6.07, 6.45) is -6.28. The highest BCUT2D eigenvalue weighted by atomic mass is 35.5. The molecule has 12 heteroatoms. The summed E-state index contributed by atoms with van der Waals surface area (Å²) in [4.78, 5) is 24.9. The van der Waals surface area contributed by atoms with Crippen molar-refractivity contribution in [2.75, 3.05) is 25.6 Å². The van der Waals surface area contributed by atoms with Gasteiger partial charge in [-0.3, -0.25) is 4.90 Å². The molecule has 11 nitrogen and oxygen atoms in total. The Morgan fingerprint density at radius 3 is 2.38 bits per heavy atom. The SMILES string of the molecule is CCC(C)N(C(=O)N(CCCl)N=O)[C@@]1(O)[C@H](O)[C@@H](CO)O[C@H](OCC(C)C)[C@@H]1O. The standard InChI is InChI=1S/C17H32ClN3O8/c1-5-11(4)21(16(25)20(19-27)7-6-18)17(26)13(23)12(8-22)29-15(14(17)24)28-9-10(2)3/h10-15,22-24,26H,5-9H2,1-4H3/t11?,12-,13-,14+,15+,17-/m1/s1. The molecule has 0 saturated carbocycles. The number of amides is 2. The number of ether oxygens (including phenoxy) is 2. The van der Waals surface area contributed by atoms with Crippen LogP contribution >= 0.6 is 11.6 Å². The zero-order valence-electron chi connectivity index (χ0n) is 17.1. The number of halogens is 1. The molecule has 0 aromatic carbocycles. The highest BCUT2D eigenvalue weighted by molar-refractivity contribution is 6.18. The average molecular weight is 442 g/mol. The Labute approximate surface area is 175 Å². The van der Waals surface area contributed by atoms with Crippen LogP contribution in [0.15, 0.2) is 5.29 Å². The molecule has 0 bridgehead atoms. The van der Waals surface area contributed by atoms with Gasteiger partial charge in [-0.05, 0) is 19.3 Å². The second kappa shape index (κ2) is 11.3. The van der Waals surface area contributed by atoms with Gasteiger partial charge in [-0.1, -0.05) is 20.8 Å². The van der Waals surface area contributed by atoms with Crippen molar-refractivity contribution in [3.8, 4) is 0 Å². The predicted molar refractivity (Wildman–Crippen MR) is 104 cm³/mol. The van der Waals surface area contributed by atoms with Crippen molar-refractivity contribution < 1.29 is 34.7 Å². The highest BCUT2D eigenvalue weighted by Crippen LogP contribution is 2.36. The Balaban J connectivity index is 3.41. The summed E-state index contributed by atoms with van der Waals surface area (Å²) in [6, 6.07) is -1.80. The van der Waals surface area contributed by atoms with Crippen LogP contribution in [-0.4, -0.2) is 98.4 Å². The first-order valence-corrected chi connectivity index (χ1v) is 10.1. The largest absolute Gasteiger partial charge is 0.394 e. The van der Waals surface area contributed by atoms with Crippen LogP contribution in [0.25, 0.3) is 0 Å². The minimum absolute atomic E-state index is 0.0593. The molecule has 4 N–H and O–H groups in total. The molecule has 0 aromatic heterocycles. The fourth-order valence-electron chi connectivity index (χ4n) is 3.07. The van der Waals surface area contributed by atoms with E-state index < -0.39 is 49.0 Å². The molecule has 0 aliphatic carbocycles. The van der Waals surface area contributed by atoms with E-state index in [1.54, 1.807) is 13.8 Å². The quantitative estimate of drug-likeness (QED) is 0.163. The first-order valence-electron chi connectivity index (χ1n) is 9.56. The molecule has 0 aromatic rings. The van der Waals surface area contributed by atoms with Gasteiger partial charge in [-0.2, -0.15) is 5.01 Å². The van der Waals surface area contributed by atoms with Gasteiger partial charge in [-0.25, -0.2) is 4.79 Å². The van der Waals surface area contributed by atoms with E-state index in [0.717, 1.165) is 4.90 Å². The number of hydrogen-bond acceptors (Lipinski definition) is 9. The van der Waals surface area contributed by atoms with Crippen molar-refractivity contribution in [2.45, 2.75) is 70.5 Å². The van der Waals surface area contributed by atoms with E-state index in [2.05, 4.69) is 5.29 Å². The van der Waals surface area contributed by atoms with Crippen LogP contribution in [-0.2, 0) is 9.47 Å². The van der Waals surface area contributed by atoms with Gasteiger partial charge in [0.1, 0.15) is 12.2 Å². The zero-order chi connectivity index (χ0) is 22.4. The fraction of sp³-hybridized carbons (Fsp3) is 0.941. The second-order valence-corrected chi connectivity index (χ2v) is 7.81. The molecule has 1 aliphatic rings. The van der Waals surface area contributed by atoms with Crippen molar-refractivity contribution in [3.63, 3.8) is 0 Å². The average Bonchev–Trinajstić information content (AvgIpc) is 2.69. The van der Waals surface area contributed by atoms with Crippen molar-refractivity contribution >= 4 is 17.6 Å². The number of alkyl halides is 1. The lowest BCUT2D eigenvalue weighted by Gasteiger charge is -2.54. The zero-order valence-corrected chi connectivity index (χ0v) is 17.9. The molecule has 1 aliphatic heterocycles. The molecular weight excluding hydrogens is 410 g/mol. The summed E-state index contributed by atoms with van der Waals surface area (Å²) in [5, 5.41) is 45.7. The van der Waals surface area contributed by atoms with Crippen LogP contribution in [0.1, 0.15) is 34.1 Å². The molecule has 0 spiro atoms. The van der Waals surface area contributed by atoms with E-state index in [1.165, 1.54) is 0 Å². The van der Waals surface area contributed by atoms with Gasteiger partial charge in [0.05, 0.1) is 25.0 Å². The van der Waals surface area contributed by atoms with E-state index in [4.69, 9.17) is 21.1 Å². The van der Waals surface area contributed by atoms with Gasteiger partial charge in [0.15, 0.2) is 12.4 Å². The molecule has 1 heterocycles. The summed E-state index contributed by atoms with van der Waals surface area (Å²) in [5.74, 6) is -0.0400. The van der Waals surface area contributed by atoms with Crippen LogP contribution < -0.4 is 0 Å². The first kappa shape index (κ1) is 26.0. The van der Waals surface area contributed by atoms with E-state index >= 15 is 0 Å². The second-order valence-electron chi connectivity index (χ2n) is 7.43. The lowest BCUT2D eigenvalue weighted by molar-refractivity contribution is -0.363. The summed E-state index contributed by atoms with van der Waals surface area (Å²) < 4.78 is 10.9. The maximum Gasteiger partial charge on any atom is 0.345 e. The third-order valence-electron chi connectivity index (χ3n) is 4.80. The van der Waals surface area contributed by atoms with Gasteiger partial charge in [0.25, 0.3) is 0 Å². The van der Waals surface area contributed by atoms with Crippen LogP contribution in [0.2, 0.25) is 0 Å². The Bertz CT molecular complexity index is 543. The normalized spacial score (nSPS) is 30.8. The van der Waals surface area contributed by atoms with Gasteiger partial charge >= 0.3 is 6.03 Å². The molecule has 29 heavy (non-hydrogen) atoms. The Morgan fingerprint density at radius 2 is 1.93 bits per heavy atom. The van der Waals surface area contributed by atoms with E-state index in [-0.39, 0.29) is 24.9 Å². The fourth-order valence-corrected chi connectivity index (χ4v) is 3.23. The number of aliphatic hydroxyl groups is 4. The molecule has 1 fully saturated rings. The molecular formula is C17H32ClN3O8. The molecule has 2 amide bonds. The van der Waals surface area contributed by atoms with Crippen molar-refractivity contribution in [1.29, 1.82) is 0 Å². The lowest BCUT2D eigenvalue weighted by Crippen LogP contribution is -2.77. The minimum atomic E-state index is -2.63. The molecule has 170 valence electrons. The molecule has 6 atom stereocenters. The summed E-state index contributed by atoms with van der Waals surface area (Å²) in [5.41, 5.74) is -2.63. The molecule has 1 saturated heterocycles. The van der Waals surface area contributed by atoms with Crippen molar-refractivity contribution in [1.82, 2.24) is 9.91 Å². The van der Waals surface area contributed by atoms with E-state index in [9.17, 15) is 30.1 Å². The molecule has 1 rings (SSSR count). The topological polar surface area (TPSA) is 152 Å². The number of carbonyl (C=O) groups excluding carboxylic acids is 1. The maximum atomic E-state index is 13.0. The monoisotopic (exact) mass is 441 g/mol. The number of hydrogen-bond donors (Lipinski definition) is 4. The number of carbonyl (C=O) groups is 1. The maximum absolute atomic E-state index is 13.0. The van der Waals surface area contributed by atoms with E-state index in [1.807, 2.05) is 13.8 Å². The smallest absolute Gasteiger partial charge is 0.345 e. The molecule has 1 unspecified atom stereocenters. The predicted octanol–water partition coefficient (Wildman–Crippen LogP) is 0.229. The summed E-state index contributed by atoms with van der Waals surface area (Å²) >= 11 is 5.61. The number of rotatable bonds is 10. The Morgan fingerprint density at radius 1 is 1.31 bits per heavy atom. The molecule has 0 radical (unpaired) electrons. The minimum Gasteiger partial charge on any atom is -0.394 e. The van der Waals surface area contributed by atoms with Crippen molar-refractivity contribution in [3.05, 3.63) is 4.91 Å². The third kappa shape index (κ3) is 5.54. The lowest BCUT2D eigenvalue weighted by atomic mass is 9.88. The summed E-state index contributed by atoms with van der Waals surface area (Å²) in [7, 11) is 0. The van der Waals surface area contributed by atoms with Gasteiger partial charge in [0, 0.05) is 11.9 Å². The number of nitroso groups, excluding NO2 is 1. The van der Waals surface area contributed by atoms with Crippen molar-refractivity contribution in [2.24, 2.45) is 11.2 Å². The van der Waals surface area contributed by atoms with E-state index in [0.29, 0.717) is 11.4 Å². The Hall–Kier alpha value is -1.08. The van der Waals surface area contributed by atoms with Crippen LogP contribution in [0, 0.1) is 10.8 Å².